The summed E-state index contributed by atoms with van der Waals surface area (Å²) in [5, 5.41) is 4.34. The van der Waals surface area contributed by atoms with Gasteiger partial charge < -0.3 is 9.73 Å². The van der Waals surface area contributed by atoms with Crippen LogP contribution in [0.1, 0.15) is 64.6 Å². The fraction of sp³-hybridized carbons (Fsp3) is 0.286. The summed E-state index contributed by atoms with van der Waals surface area (Å²) in [5.74, 6) is 0.419. The molecule has 1 fully saturated rings. The van der Waals surface area contributed by atoms with Crippen LogP contribution in [0.25, 0.3) is 10.9 Å². The molecule has 2 aromatic carbocycles. The zero-order chi connectivity index (χ0) is 25.8. The summed E-state index contributed by atoms with van der Waals surface area (Å²) in [7, 11) is 0. The predicted molar refractivity (Wildman–Crippen MR) is 145 cm³/mol. The Morgan fingerprint density at radius 2 is 1.81 bits per heavy atom. The lowest BCUT2D eigenvalue weighted by Gasteiger charge is -2.26. The van der Waals surface area contributed by atoms with Crippen molar-refractivity contribution in [1.29, 1.82) is 0 Å². The number of fused-ring (bicyclic) bond motifs is 1. The van der Waals surface area contributed by atoms with Crippen molar-refractivity contribution in [3.05, 3.63) is 93.1 Å². The molecule has 190 valence electrons. The summed E-state index contributed by atoms with van der Waals surface area (Å²) in [6.07, 6.45) is 6.61. The summed E-state index contributed by atoms with van der Waals surface area (Å²) in [4.78, 5) is 44.0. The van der Waals surface area contributed by atoms with E-state index in [2.05, 4.69) is 5.32 Å². The number of ketones is 1. The molecule has 7 nitrogen and oxygen atoms in total. The van der Waals surface area contributed by atoms with Crippen LogP contribution in [0.5, 0.6) is 0 Å². The number of halogens is 1. The number of carbonyl (C=O) groups is 2. The van der Waals surface area contributed by atoms with E-state index in [1.807, 2.05) is 0 Å². The molecule has 0 bridgehead atoms. The van der Waals surface area contributed by atoms with Gasteiger partial charge >= 0.3 is 0 Å². The molecule has 37 heavy (non-hydrogen) atoms. The summed E-state index contributed by atoms with van der Waals surface area (Å²) in [6, 6.07) is 15.3. The van der Waals surface area contributed by atoms with Gasteiger partial charge in [0.05, 0.1) is 29.5 Å². The van der Waals surface area contributed by atoms with Crippen LogP contribution >= 0.6 is 23.4 Å². The second-order valence-electron chi connectivity index (χ2n) is 9.07. The van der Waals surface area contributed by atoms with Gasteiger partial charge in [0, 0.05) is 22.2 Å². The minimum absolute atomic E-state index is 0.0440. The van der Waals surface area contributed by atoms with Crippen LogP contribution in [0.2, 0.25) is 5.02 Å². The van der Waals surface area contributed by atoms with Crippen LogP contribution in [-0.2, 0) is 6.54 Å². The quantitative estimate of drug-likeness (QED) is 0.167. The smallest absolute Gasteiger partial charge is 0.262 e. The van der Waals surface area contributed by atoms with E-state index in [1.165, 1.54) is 11.8 Å². The van der Waals surface area contributed by atoms with E-state index in [9.17, 15) is 14.4 Å². The molecule has 0 unspecified atom stereocenters. The first-order valence-electron chi connectivity index (χ1n) is 12.3. The average Bonchev–Trinajstić information content (AvgIpc) is 3.45. The highest BCUT2D eigenvalue weighted by molar-refractivity contribution is 7.99. The number of aromatic nitrogens is 2. The largest absolute Gasteiger partial charge is 0.467 e. The summed E-state index contributed by atoms with van der Waals surface area (Å²) >= 11 is 7.21. The van der Waals surface area contributed by atoms with E-state index < -0.39 is 0 Å². The van der Waals surface area contributed by atoms with Gasteiger partial charge in [-0.3, -0.25) is 19.0 Å². The number of rotatable bonds is 8. The van der Waals surface area contributed by atoms with Crippen molar-refractivity contribution in [1.82, 2.24) is 14.9 Å². The zero-order valence-corrected chi connectivity index (χ0v) is 21.7. The number of Topliss-reactive ketones (excluding diaryl/α,β-unsaturated/α-hetero) is 1. The third-order valence-corrected chi connectivity index (χ3v) is 7.78. The Morgan fingerprint density at radius 3 is 2.54 bits per heavy atom. The van der Waals surface area contributed by atoms with Crippen LogP contribution in [0.4, 0.5) is 0 Å². The van der Waals surface area contributed by atoms with Gasteiger partial charge in [-0.15, -0.1) is 0 Å². The van der Waals surface area contributed by atoms with Crippen molar-refractivity contribution in [2.24, 2.45) is 0 Å². The Labute approximate surface area is 223 Å². The van der Waals surface area contributed by atoms with Gasteiger partial charge in [0.2, 0.25) is 0 Å². The Balaban J connectivity index is 1.45. The molecule has 1 aliphatic rings. The van der Waals surface area contributed by atoms with Crippen molar-refractivity contribution >= 4 is 46.0 Å². The molecule has 5 rings (SSSR count). The number of nitrogens with zero attached hydrogens (tertiary/aromatic N) is 2. The van der Waals surface area contributed by atoms with E-state index in [-0.39, 0.29) is 35.6 Å². The van der Waals surface area contributed by atoms with Crippen molar-refractivity contribution in [2.45, 2.75) is 49.8 Å². The van der Waals surface area contributed by atoms with Gasteiger partial charge in [0.25, 0.3) is 11.5 Å². The number of amides is 1. The van der Waals surface area contributed by atoms with Crippen LogP contribution in [-0.4, -0.2) is 27.0 Å². The monoisotopic (exact) mass is 535 g/mol. The van der Waals surface area contributed by atoms with Crippen molar-refractivity contribution in [3.8, 4) is 0 Å². The van der Waals surface area contributed by atoms with Gasteiger partial charge in [-0.05, 0) is 67.4 Å². The second-order valence-corrected chi connectivity index (χ2v) is 10.5. The third-order valence-electron chi connectivity index (χ3n) is 6.57. The molecular formula is C28H26ClN3O4S. The maximum Gasteiger partial charge on any atom is 0.262 e. The molecule has 2 aromatic heterocycles. The van der Waals surface area contributed by atoms with E-state index in [4.69, 9.17) is 21.0 Å². The third kappa shape index (κ3) is 5.81. The first-order valence-corrected chi connectivity index (χ1v) is 13.6. The Morgan fingerprint density at radius 1 is 1.05 bits per heavy atom. The fourth-order valence-corrected chi connectivity index (χ4v) is 5.70. The molecule has 1 aliphatic carbocycles. The maximum atomic E-state index is 13.7. The number of carbonyl (C=O) groups excluding carboxylic acids is 2. The topological polar surface area (TPSA) is 94.2 Å². The van der Waals surface area contributed by atoms with Gasteiger partial charge in [-0.25, -0.2) is 4.98 Å². The van der Waals surface area contributed by atoms with Crippen LogP contribution in [0.3, 0.4) is 0 Å². The normalized spacial score (nSPS) is 14.1. The Kier molecular flexibility index (Phi) is 7.76. The number of hydrogen-bond acceptors (Lipinski definition) is 6. The highest BCUT2D eigenvalue weighted by Crippen LogP contribution is 2.31. The molecule has 0 saturated heterocycles. The first kappa shape index (κ1) is 25.3. The van der Waals surface area contributed by atoms with Crippen molar-refractivity contribution < 1.29 is 14.0 Å². The Hall–Kier alpha value is -3.36. The highest BCUT2D eigenvalue weighted by Gasteiger charge is 2.23. The average molecular weight is 536 g/mol. The maximum absolute atomic E-state index is 13.7. The van der Waals surface area contributed by atoms with E-state index in [0.29, 0.717) is 38.0 Å². The SMILES string of the molecule is O=C(CSc1nc2cc(C(=O)NCc3ccco3)ccc2c(=O)n1C1CCCCC1)c1ccc(Cl)cc1. The lowest BCUT2D eigenvalue weighted by atomic mass is 9.95. The number of hydrogen-bond donors (Lipinski definition) is 1. The molecule has 9 heteroatoms. The van der Waals surface area contributed by atoms with E-state index in [1.54, 1.807) is 65.4 Å². The molecule has 4 aromatic rings. The van der Waals surface area contributed by atoms with Gasteiger partial charge in [0.1, 0.15) is 5.76 Å². The number of benzene rings is 2. The van der Waals surface area contributed by atoms with Crippen molar-refractivity contribution in [2.75, 3.05) is 5.75 Å². The minimum atomic E-state index is -0.288. The number of furan rings is 1. The van der Waals surface area contributed by atoms with E-state index >= 15 is 0 Å². The van der Waals surface area contributed by atoms with Crippen molar-refractivity contribution in [3.63, 3.8) is 0 Å². The van der Waals surface area contributed by atoms with Gasteiger partial charge in [-0.2, -0.15) is 0 Å². The minimum Gasteiger partial charge on any atom is -0.467 e. The number of thioether (sulfide) groups is 1. The highest BCUT2D eigenvalue weighted by atomic mass is 35.5. The molecule has 0 atom stereocenters. The fourth-order valence-electron chi connectivity index (χ4n) is 4.61. The standard InChI is InChI=1S/C28H26ClN3O4S/c29-20-11-8-18(9-12-20)25(33)17-37-28-31-24-15-19(26(34)30-16-22-7-4-14-36-22)10-13-23(24)27(35)32(28)21-5-2-1-3-6-21/h4,7-15,21H,1-3,5-6,16-17H2,(H,30,34). The van der Waals surface area contributed by atoms with E-state index in [0.717, 1.165) is 32.1 Å². The number of nitrogens with one attached hydrogen (secondary N) is 1. The molecule has 2 heterocycles. The summed E-state index contributed by atoms with van der Waals surface area (Å²) in [5.41, 5.74) is 1.25. The van der Waals surface area contributed by atoms with Crippen LogP contribution in [0.15, 0.2) is 75.2 Å². The van der Waals surface area contributed by atoms with Crippen LogP contribution in [0, 0.1) is 0 Å². The van der Waals surface area contributed by atoms with Crippen LogP contribution < -0.4 is 10.9 Å². The molecule has 0 aliphatic heterocycles. The second kappa shape index (κ2) is 11.4. The summed E-state index contributed by atoms with van der Waals surface area (Å²) < 4.78 is 7.03. The lowest BCUT2D eigenvalue weighted by Crippen LogP contribution is -2.29. The molecule has 0 radical (unpaired) electrons. The molecule has 1 N–H and O–H groups in total. The van der Waals surface area contributed by atoms with Gasteiger partial charge in [-0.1, -0.05) is 42.6 Å². The molecule has 1 saturated carbocycles. The lowest BCUT2D eigenvalue weighted by molar-refractivity contribution is 0.0947. The Bertz CT molecular complexity index is 1480. The molecule has 0 spiro atoms. The molecule has 1 amide bonds. The van der Waals surface area contributed by atoms with Gasteiger partial charge in [0.15, 0.2) is 10.9 Å². The predicted octanol–water partition coefficient (Wildman–Crippen LogP) is 6.05. The first-order chi connectivity index (χ1) is 18.0. The molecular weight excluding hydrogens is 510 g/mol. The zero-order valence-electron chi connectivity index (χ0n) is 20.1. The summed E-state index contributed by atoms with van der Waals surface area (Å²) in [6.45, 7) is 0.258.